The molecule has 92 valence electrons. The molecule has 0 atom stereocenters. The number of hydrogen-bond donors (Lipinski definition) is 0. The van der Waals surface area contributed by atoms with Crippen molar-refractivity contribution in [2.24, 2.45) is 7.05 Å². The Bertz CT molecular complexity index is 574. The molecule has 0 saturated carbocycles. The second-order valence-electron chi connectivity index (χ2n) is 4.20. The topological polar surface area (TPSA) is 52.8 Å². The van der Waals surface area contributed by atoms with Crippen molar-refractivity contribution in [2.45, 2.75) is 13.0 Å². The van der Waals surface area contributed by atoms with Crippen molar-refractivity contribution in [3.05, 3.63) is 41.2 Å². The van der Waals surface area contributed by atoms with Gasteiger partial charge in [0, 0.05) is 25.2 Å². The summed E-state index contributed by atoms with van der Waals surface area (Å²) < 4.78 is 7.39. The van der Waals surface area contributed by atoms with Gasteiger partial charge in [0.2, 0.25) is 0 Å². The van der Waals surface area contributed by atoms with Crippen LogP contribution in [0.5, 0.6) is 0 Å². The molecule has 5 nitrogen and oxygen atoms in total. The van der Waals surface area contributed by atoms with Gasteiger partial charge < -0.3 is 4.74 Å². The highest BCUT2D eigenvalue weighted by molar-refractivity contribution is 5.68. The predicted octanol–water partition coefficient (Wildman–Crippen LogP) is 1.45. The molecule has 0 radical (unpaired) electrons. The van der Waals surface area contributed by atoms with Crippen LogP contribution in [0.25, 0.3) is 12.2 Å². The van der Waals surface area contributed by atoms with Gasteiger partial charge in [0.25, 0.3) is 0 Å². The van der Waals surface area contributed by atoms with Crippen molar-refractivity contribution in [3.8, 4) is 0 Å². The molecule has 1 aliphatic heterocycles. The van der Waals surface area contributed by atoms with Gasteiger partial charge in [0.05, 0.1) is 30.3 Å². The summed E-state index contributed by atoms with van der Waals surface area (Å²) in [4.78, 5) is 8.06. The lowest BCUT2D eigenvalue weighted by Gasteiger charge is -2.10. The van der Waals surface area contributed by atoms with E-state index in [1.54, 1.807) is 12.5 Å². The van der Waals surface area contributed by atoms with Gasteiger partial charge in [0.15, 0.2) is 0 Å². The number of nitrogens with zero attached hydrogens (tertiary/aromatic N) is 4. The van der Waals surface area contributed by atoms with Gasteiger partial charge in [-0.25, -0.2) is 9.97 Å². The van der Waals surface area contributed by atoms with Gasteiger partial charge >= 0.3 is 0 Å². The summed E-state index contributed by atoms with van der Waals surface area (Å²) in [7, 11) is 1.96. The monoisotopic (exact) mass is 242 g/mol. The van der Waals surface area contributed by atoms with Crippen LogP contribution in [0, 0.1) is 0 Å². The molecule has 18 heavy (non-hydrogen) atoms. The van der Waals surface area contributed by atoms with Crippen molar-refractivity contribution in [3.63, 3.8) is 0 Å². The molecule has 0 spiro atoms. The van der Waals surface area contributed by atoms with Crippen molar-refractivity contribution in [1.82, 2.24) is 19.7 Å². The summed E-state index contributed by atoms with van der Waals surface area (Å²) in [6.07, 6.45) is 8.16. The minimum atomic E-state index is 0.645. The summed E-state index contributed by atoms with van der Waals surface area (Å²) in [5, 5.41) is 4.52. The number of rotatable bonds is 2. The van der Waals surface area contributed by atoms with E-state index in [9.17, 15) is 0 Å². The summed E-state index contributed by atoms with van der Waals surface area (Å²) >= 11 is 0. The van der Waals surface area contributed by atoms with Crippen LogP contribution >= 0.6 is 0 Å². The minimum Gasteiger partial charge on any atom is -0.376 e. The Morgan fingerprint density at radius 1 is 1.39 bits per heavy atom. The maximum atomic E-state index is 5.49. The average molecular weight is 242 g/mol. The van der Waals surface area contributed by atoms with Crippen LogP contribution in [0.3, 0.4) is 0 Å². The lowest BCUT2D eigenvalue weighted by atomic mass is 10.1. The van der Waals surface area contributed by atoms with Crippen molar-refractivity contribution in [1.29, 1.82) is 0 Å². The van der Waals surface area contributed by atoms with Crippen LogP contribution in [0.1, 0.15) is 22.6 Å². The molecule has 0 unspecified atom stereocenters. The van der Waals surface area contributed by atoms with Crippen LogP contribution in [0.2, 0.25) is 0 Å². The number of fused-ring (bicyclic) bond motifs is 1. The first-order valence-electron chi connectivity index (χ1n) is 5.91. The zero-order chi connectivity index (χ0) is 12.4. The van der Waals surface area contributed by atoms with E-state index >= 15 is 0 Å². The fourth-order valence-electron chi connectivity index (χ4n) is 2.11. The molecule has 1 aliphatic rings. The Morgan fingerprint density at radius 3 is 3.17 bits per heavy atom. The molecule has 0 aromatic carbocycles. The summed E-state index contributed by atoms with van der Waals surface area (Å²) in [5.74, 6) is 0. The fourth-order valence-corrected chi connectivity index (χ4v) is 2.11. The van der Waals surface area contributed by atoms with Crippen molar-refractivity contribution >= 4 is 12.2 Å². The molecule has 3 heterocycles. The molecule has 5 heteroatoms. The number of hydrogen-bond acceptors (Lipinski definition) is 4. The molecule has 0 saturated heterocycles. The molecule has 0 bridgehead atoms. The van der Waals surface area contributed by atoms with E-state index in [2.05, 4.69) is 15.1 Å². The quantitative estimate of drug-likeness (QED) is 0.800. The highest BCUT2D eigenvalue weighted by atomic mass is 16.5. The largest absolute Gasteiger partial charge is 0.376 e. The molecule has 0 aliphatic carbocycles. The molecule has 3 rings (SSSR count). The van der Waals surface area contributed by atoms with Crippen LogP contribution in [-0.4, -0.2) is 26.4 Å². The summed E-state index contributed by atoms with van der Waals surface area (Å²) in [6.45, 7) is 1.41. The Hall–Kier alpha value is -2.01. The third kappa shape index (κ3) is 2.04. The van der Waals surface area contributed by atoms with E-state index in [4.69, 9.17) is 4.74 Å². The third-order valence-corrected chi connectivity index (χ3v) is 3.02. The Labute approximate surface area is 105 Å². The number of ether oxygens (including phenoxy) is 1. The SMILES string of the molecule is Cn1nc2c(c1C=Cc1ccncn1)COCC2. The molecule has 0 fully saturated rings. The Morgan fingerprint density at radius 2 is 2.33 bits per heavy atom. The molecule has 0 N–H and O–H groups in total. The lowest BCUT2D eigenvalue weighted by Crippen LogP contribution is -2.08. The summed E-state index contributed by atoms with van der Waals surface area (Å²) in [6, 6.07) is 1.87. The van der Waals surface area contributed by atoms with Gasteiger partial charge in [-0.1, -0.05) is 0 Å². The zero-order valence-electron chi connectivity index (χ0n) is 10.2. The average Bonchev–Trinajstić information content (AvgIpc) is 2.73. The highest BCUT2D eigenvalue weighted by Gasteiger charge is 2.17. The van der Waals surface area contributed by atoms with Crippen molar-refractivity contribution < 1.29 is 4.74 Å². The van der Waals surface area contributed by atoms with E-state index in [0.29, 0.717) is 6.61 Å². The second kappa shape index (κ2) is 4.70. The standard InChI is InChI=1S/C13H14N4O/c1-17-13(3-2-10-4-6-14-9-15-10)11-8-18-7-5-12(11)16-17/h2-4,6,9H,5,7-8H2,1H3. The van der Waals surface area contributed by atoms with Gasteiger partial charge in [-0.3, -0.25) is 4.68 Å². The van der Waals surface area contributed by atoms with E-state index < -0.39 is 0 Å². The zero-order valence-corrected chi connectivity index (χ0v) is 10.2. The van der Waals surface area contributed by atoms with Gasteiger partial charge in [-0.2, -0.15) is 5.10 Å². The first-order chi connectivity index (χ1) is 8.84. The highest BCUT2D eigenvalue weighted by Crippen LogP contribution is 2.21. The van der Waals surface area contributed by atoms with Crippen LogP contribution in [0.4, 0.5) is 0 Å². The normalized spacial score (nSPS) is 14.9. The predicted molar refractivity (Wildman–Crippen MR) is 67.5 cm³/mol. The van der Waals surface area contributed by atoms with Gasteiger partial charge in [0.1, 0.15) is 6.33 Å². The maximum Gasteiger partial charge on any atom is 0.115 e. The van der Waals surface area contributed by atoms with Crippen molar-refractivity contribution in [2.75, 3.05) is 6.61 Å². The molecular weight excluding hydrogens is 228 g/mol. The molecule has 2 aromatic rings. The Balaban J connectivity index is 1.93. The van der Waals surface area contributed by atoms with E-state index in [0.717, 1.165) is 30.1 Å². The molecule has 2 aromatic heterocycles. The van der Waals surface area contributed by atoms with E-state index in [1.807, 2.05) is 29.9 Å². The van der Waals surface area contributed by atoms with Crippen LogP contribution < -0.4 is 0 Å². The van der Waals surface area contributed by atoms with Crippen LogP contribution in [0.15, 0.2) is 18.6 Å². The molecule has 0 amide bonds. The van der Waals surface area contributed by atoms with E-state index in [1.165, 1.54) is 5.56 Å². The first-order valence-corrected chi connectivity index (χ1v) is 5.91. The number of aromatic nitrogens is 4. The van der Waals surface area contributed by atoms with E-state index in [-0.39, 0.29) is 0 Å². The summed E-state index contributed by atoms with van der Waals surface area (Å²) in [5.41, 5.74) is 4.31. The molecular formula is C13H14N4O. The van der Waals surface area contributed by atoms with Gasteiger partial charge in [-0.15, -0.1) is 0 Å². The third-order valence-electron chi connectivity index (χ3n) is 3.02. The second-order valence-corrected chi connectivity index (χ2v) is 4.20. The number of aryl methyl sites for hydroxylation is 1. The van der Waals surface area contributed by atoms with Crippen LogP contribution in [-0.2, 0) is 24.8 Å². The lowest BCUT2D eigenvalue weighted by molar-refractivity contribution is 0.110. The Kier molecular flexibility index (Phi) is 2.90. The van der Waals surface area contributed by atoms with Gasteiger partial charge in [-0.05, 0) is 18.2 Å². The smallest absolute Gasteiger partial charge is 0.115 e. The maximum absolute atomic E-state index is 5.49. The fraction of sp³-hybridized carbons (Fsp3) is 0.308. The minimum absolute atomic E-state index is 0.645. The first kappa shape index (κ1) is 11.1.